The monoisotopic (exact) mass is 437 g/mol. The fraction of sp³-hybridized carbons (Fsp3) is 0.158. The number of aromatic nitrogens is 1. The molecule has 1 aliphatic rings. The molecule has 1 aromatic carbocycles. The normalized spacial score (nSPS) is 15.9. The number of carbonyl (C=O) groups is 2. The van der Waals surface area contributed by atoms with Crippen LogP contribution in [0.3, 0.4) is 0 Å². The minimum absolute atomic E-state index is 0.0184. The number of nitrogens with one attached hydrogen (secondary N) is 3. The molecule has 156 valence electrons. The number of amides is 2. The van der Waals surface area contributed by atoms with Crippen LogP contribution in [-0.4, -0.2) is 22.6 Å². The van der Waals surface area contributed by atoms with Gasteiger partial charge in [-0.15, -0.1) is 0 Å². The Bertz CT molecular complexity index is 1100. The van der Waals surface area contributed by atoms with Crippen molar-refractivity contribution in [3.63, 3.8) is 0 Å². The molecule has 7 nitrogen and oxygen atoms in total. The molecule has 1 unspecified atom stereocenters. The van der Waals surface area contributed by atoms with Gasteiger partial charge in [-0.25, -0.2) is 18.2 Å². The maximum Gasteiger partial charge on any atom is 0.269 e. The third-order valence-electron chi connectivity index (χ3n) is 4.13. The maximum absolute atomic E-state index is 14.2. The van der Waals surface area contributed by atoms with Gasteiger partial charge in [0.05, 0.1) is 11.8 Å². The average molecular weight is 438 g/mol. The van der Waals surface area contributed by atoms with Crippen molar-refractivity contribution in [3.8, 4) is 0 Å². The first kappa shape index (κ1) is 21.3. The van der Waals surface area contributed by atoms with E-state index in [1.807, 2.05) is 0 Å². The maximum atomic E-state index is 14.2. The lowest BCUT2D eigenvalue weighted by Crippen LogP contribution is -2.44. The van der Waals surface area contributed by atoms with E-state index in [0.29, 0.717) is 6.07 Å². The van der Waals surface area contributed by atoms with Gasteiger partial charge in [0.1, 0.15) is 23.4 Å². The highest BCUT2D eigenvalue weighted by Gasteiger charge is 2.32. The third kappa shape index (κ3) is 4.43. The van der Waals surface area contributed by atoms with Gasteiger partial charge in [0.2, 0.25) is 5.91 Å². The quantitative estimate of drug-likeness (QED) is 0.643. The molecular formula is C19H15ClF3N5O2. The molecular weight excluding hydrogens is 423 g/mol. The molecule has 0 saturated carbocycles. The molecule has 3 N–H and O–H groups in total. The van der Waals surface area contributed by atoms with Crippen molar-refractivity contribution in [1.82, 2.24) is 21.2 Å². The van der Waals surface area contributed by atoms with Crippen LogP contribution in [0.5, 0.6) is 0 Å². The van der Waals surface area contributed by atoms with E-state index < -0.39 is 35.3 Å². The first-order chi connectivity index (χ1) is 14.2. The SMILES string of the molecule is CC(=O)NNC(=O)C1=C(C)NC(c2ncc(F)cc2F)=NC1c1ccc(F)cc1Cl. The zero-order valence-corrected chi connectivity index (χ0v) is 16.4. The summed E-state index contributed by atoms with van der Waals surface area (Å²) in [5.74, 6) is -3.73. The van der Waals surface area contributed by atoms with Crippen LogP contribution < -0.4 is 16.2 Å². The number of aliphatic imine (C=N–C) groups is 1. The zero-order chi connectivity index (χ0) is 22.0. The van der Waals surface area contributed by atoms with Crippen molar-refractivity contribution < 1.29 is 22.8 Å². The van der Waals surface area contributed by atoms with Crippen molar-refractivity contribution in [2.24, 2.45) is 4.99 Å². The second-order valence-corrected chi connectivity index (χ2v) is 6.74. The fourth-order valence-electron chi connectivity index (χ4n) is 2.84. The number of benzene rings is 1. The van der Waals surface area contributed by atoms with Gasteiger partial charge >= 0.3 is 0 Å². The second-order valence-electron chi connectivity index (χ2n) is 6.33. The Morgan fingerprint density at radius 1 is 1.13 bits per heavy atom. The summed E-state index contributed by atoms with van der Waals surface area (Å²) in [6.45, 7) is 2.72. The average Bonchev–Trinajstić information content (AvgIpc) is 2.65. The summed E-state index contributed by atoms with van der Waals surface area (Å²) in [4.78, 5) is 31.8. The molecule has 2 aromatic rings. The Morgan fingerprint density at radius 2 is 1.87 bits per heavy atom. The second kappa shape index (κ2) is 8.54. The lowest BCUT2D eigenvalue weighted by atomic mass is 9.95. The molecule has 1 atom stereocenters. The summed E-state index contributed by atoms with van der Waals surface area (Å²) < 4.78 is 41.0. The van der Waals surface area contributed by atoms with E-state index in [2.05, 4.69) is 26.1 Å². The molecule has 0 aliphatic carbocycles. The van der Waals surface area contributed by atoms with Crippen LogP contribution in [0.15, 0.2) is 46.7 Å². The Morgan fingerprint density at radius 3 is 2.50 bits per heavy atom. The van der Waals surface area contributed by atoms with E-state index in [-0.39, 0.29) is 33.4 Å². The van der Waals surface area contributed by atoms with Crippen molar-refractivity contribution in [3.05, 3.63) is 75.5 Å². The van der Waals surface area contributed by atoms with Crippen molar-refractivity contribution in [2.75, 3.05) is 0 Å². The van der Waals surface area contributed by atoms with E-state index >= 15 is 0 Å². The highest BCUT2D eigenvalue weighted by atomic mass is 35.5. The smallest absolute Gasteiger partial charge is 0.269 e. The molecule has 1 aromatic heterocycles. The number of rotatable bonds is 3. The number of halogens is 4. The molecule has 2 heterocycles. The standard InChI is InChI=1S/C19H15ClF3N5O2/c1-8-15(19(30)28-27-9(2)29)16(12-4-3-10(21)5-13(12)20)26-18(25-8)17-14(23)6-11(22)7-24-17/h3-7,16H,1-2H3,(H,25,26)(H,27,29)(H,28,30). The molecule has 3 rings (SSSR count). The van der Waals surface area contributed by atoms with E-state index in [9.17, 15) is 22.8 Å². The molecule has 1 aliphatic heterocycles. The Kier molecular flexibility index (Phi) is 6.06. The summed E-state index contributed by atoms with van der Waals surface area (Å²) in [5, 5.41) is 2.74. The summed E-state index contributed by atoms with van der Waals surface area (Å²) in [7, 11) is 0. The van der Waals surface area contributed by atoms with Gasteiger partial charge in [-0.1, -0.05) is 17.7 Å². The van der Waals surface area contributed by atoms with Gasteiger partial charge in [-0.2, -0.15) is 0 Å². The number of hydrazine groups is 1. The molecule has 11 heteroatoms. The number of nitrogens with zero attached hydrogens (tertiary/aromatic N) is 2. The van der Waals surface area contributed by atoms with Gasteiger partial charge in [0.15, 0.2) is 11.7 Å². The Balaban J connectivity index is 2.11. The number of hydrogen-bond donors (Lipinski definition) is 3. The van der Waals surface area contributed by atoms with Crippen LogP contribution in [0.2, 0.25) is 5.02 Å². The lowest BCUT2D eigenvalue weighted by Gasteiger charge is -2.27. The predicted molar refractivity (Wildman–Crippen MR) is 103 cm³/mol. The van der Waals surface area contributed by atoms with Crippen molar-refractivity contribution >= 4 is 29.3 Å². The highest BCUT2D eigenvalue weighted by molar-refractivity contribution is 6.31. The number of amidine groups is 1. The van der Waals surface area contributed by atoms with Gasteiger partial charge in [0.25, 0.3) is 5.91 Å². The van der Waals surface area contributed by atoms with Gasteiger partial charge < -0.3 is 5.32 Å². The van der Waals surface area contributed by atoms with Gasteiger partial charge in [0, 0.05) is 29.3 Å². The molecule has 0 bridgehead atoms. The molecule has 0 fully saturated rings. The molecule has 30 heavy (non-hydrogen) atoms. The molecule has 0 saturated heterocycles. The lowest BCUT2D eigenvalue weighted by molar-refractivity contribution is -0.126. The number of pyridine rings is 1. The summed E-state index contributed by atoms with van der Waals surface area (Å²) >= 11 is 6.16. The van der Waals surface area contributed by atoms with Crippen LogP contribution in [0, 0.1) is 17.5 Å². The fourth-order valence-corrected chi connectivity index (χ4v) is 3.11. The van der Waals surface area contributed by atoms with E-state index in [1.165, 1.54) is 19.9 Å². The van der Waals surface area contributed by atoms with Crippen LogP contribution in [-0.2, 0) is 9.59 Å². The molecule has 0 radical (unpaired) electrons. The van der Waals surface area contributed by atoms with Gasteiger partial charge in [-0.05, 0) is 19.1 Å². The van der Waals surface area contributed by atoms with Crippen LogP contribution >= 0.6 is 11.6 Å². The topological polar surface area (TPSA) is 95.5 Å². The van der Waals surface area contributed by atoms with Crippen LogP contribution in [0.4, 0.5) is 13.2 Å². The van der Waals surface area contributed by atoms with Crippen molar-refractivity contribution in [2.45, 2.75) is 19.9 Å². The summed E-state index contributed by atoms with van der Waals surface area (Å²) in [6, 6.07) is 3.07. The van der Waals surface area contributed by atoms with E-state index in [0.717, 1.165) is 18.3 Å². The van der Waals surface area contributed by atoms with Crippen LogP contribution in [0.1, 0.15) is 31.1 Å². The minimum Gasteiger partial charge on any atom is -0.342 e. The largest absolute Gasteiger partial charge is 0.342 e. The van der Waals surface area contributed by atoms with Crippen molar-refractivity contribution in [1.29, 1.82) is 0 Å². The Hall–Kier alpha value is -3.40. The highest BCUT2D eigenvalue weighted by Crippen LogP contribution is 2.35. The molecule has 0 spiro atoms. The van der Waals surface area contributed by atoms with E-state index in [1.54, 1.807) is 0 Å². The number of carbonyl (C=O) groups excluding carboxylic acids is 2. The number of hydrogen-bond acceptors (Lipinski definition) is 5. The summed E-state index contributed by atoms with van der Waals surface area (Å²) in [6.07, 6.45) is 0.820. The molecule has 2 amide bonds. The number of allylic oxidation sites excluding steroid dienone is 1. The first-order valence-corrected chi connectivity index (χ1v) is 8.94. The predicted octanol–water partition coefficient (Wildman–Crippen LogP) is 2.68. The van der Waals surface area contributed by atoms with Crippen LogP contribution in [0.25, 0.3) is 0 Å². The summed E-state index contributed by atoms with van der Waals surface area (Å²) in [5.41, 5.74) is 4.66. The van der Waals surface area contributed by atoms with Gasteiger partial charge in [-0.3, -0.25) is 25.4 Å². The first-order valence-electron chi connectivity index (χ1n) is 8.56. The zero-order valence-electron chi connectivity index (χ0n) is 15.7. The third-order valence-corrected chi connectivity index (χ3v) is 4.45. The minimum atomic E-state index is -1.09. The Labute approximate surface area is 174 Å². The van der Waals surface area contributed by atoms with E-state index in [4.69, 9.17) is 11.6 Å².